The summed E-state index contributed by atoms with van der Waals surface area (Å²) in [4.78, 5) is 25.2. The molecular weight excluding hydrogens is 450 g/mol. The molecule has 0 fully saturated rings. The molecule has 0 unspecified atom stereocenters. The van der Waals surface area contributed by atoms with Gasteiger partial charge in [0.1, 0.15) is 5.56 Å². The molecule has 4 nitrogen and oxygen atoms in total. The molecule has 0 atom stereocenters. The predicted molar refractivity (Wildman–Crippen MR) is 110 cm³/mol. The fraction of sp³-hybridized carbons (Fsp3) is 0.217. The van der Waals surface area contributed by atoms with Gasteiger partial charge in [-0.3, -0.25) is 9.59 Å². The zero-order valence-corrected chi connectivity index (χ0v) is 17.4. The van der Waals surface area contributed by atoms with Crippen LogP contribution in [0, 0.1) is 13.8 Å². The zero-order valence-electron chi connectivity index (χ0n) is 17.4. The lowest BCUT2D eigenvalue weighted by atomic mass is 10.0. The van der Waals surface area contributed by atoms with E-state index < -0.39 is 41.4 Å². The van der Waals surface area contributed by atoms with Crippen LogP contribution in [0.25, 0.3) is 0 Å². The molecular formula is C23H18F6N2O2. The average molecular weight is 468 g/mol. The van der Waals surface area contributed by atoms with Crippen LogP contribution in [0.3, 0.4) is 0 Å². The summed E-state index contributed by atoms with van der Waals surface area (Å²) in [5.41, 5.74) is -3.22. The van der Waals surface area contributed by atoms with E-state index in [4.69, 9.17) is 0 Å². The smallest absolute Gasteiger partial charge is 0.344 e. The first kappa shape index (κ1) is 24.1. The fourth-order valence-electron chi connectivity index (χ4n) is 3.45. The van der Waals surface area contributed by atoms with Crippen LogP contribution in [0.15, 0.2) is 59.4 Å². The maximum absolute atomic E-state index is 13.2. The molecule has 1 N–H and O–H groups in total. The zero-order chi connectivity index (χ0) is 24.6. The maximum Gasteiger partial charge on any atom is 0.416 e. The molecule has 1 amide bonds. The van der Waals surface area contributed by atoms with Gasteiger partial charge in [-0.2, -0.15) is 26.3 Å². The molecule has 0 bridgehead atoms. The van der Waals surface area contributed by atoms with Crippen LogP contribution in [0.5, 0.6) is 0 Å². The summed E-state index contributed by atoms with van der Waals surface area (Å²) in [7, 11) is 0. The van der Waals surface area contributed by atoms with E-state index in [2.05, 4.69) is 5.32 Å². The van der Waals surface area contributed by atoms with Gasteiger partial charge in [0, 0.05) is 29.7 Å². The van der Waals surface area contributed by atoms with Gasteiger partial charge < -0.3 is 9.88 Å². The van der Waals surface area contributed by atoms with Crippen molar-refractivity contribution in [1.82, 2.24) is 4.57 Å². The van der Waals surface area contributed by atoms with Crippen molar-refractivity contribution in [2.24, 2.45) is 0 Å². The maximum atomic E-state index is 13.2. The molecule has 0 radical (unpaired) electrons. The van der Waals surface area contributed by atoms with E-state index >= 15 is 0 Å². The molecule has 0 aliphatic rings. The Morgan fingerprint density at radius 3 is 1.94 bits per heavy atom. The standard InChI is InChI=1S/C23H18F6N2O2/c1-13-8-19(32)20(21(33)30-18-6-4-3-5-7-18)14(2)31(13)12-15-9-16(22(24,25)26)11-17(10-15)23(27,28)29/h3-11H,12H2,1-2H3,(H,30,33). The number of hydrogen-bond donors (Lipinski definition) is 1. The fourth-order valence-corrected chi connectivity index (χ4v) is 3.45. The molecule has 10 heteroatoms. The molecule has 3 aromatic rings. The number of carbonyl (C=O) groups is 1. The van der Waals surface area contributed by atoms with Crippen LogP contribution >= 0.6 is 0 Å². The number of anilines is 1. The molecule has 1 aromatic heterocycles. The summed E-state index contributed by atoms with van der Waals surface area (Å²) in [6.45, 7) is 2.48. The van der Waals surface area contributed by atoms with Gasteiger partial charge in [-0.1, -0.05) is 18.2 Å². The van der Waals surface area contributed by atoms with Gasteiger partial charge >= 0.3 is 12.4 Å². The van der Waals surface area contributed by atoms with Crippen molar-refractivity contribution in [2.75, 3.05) is 5.32 Å². The monoisotopic (exact) mass is 468 g/mol. The lowest BCUT2D eigenvalue weighted by Gasteiger charge is -2.19. The van der Waals surface area contributed by atoms with Crippen molar-refractivity contribution >= 4 is 11.6 Å². The number of benzene rings is 2. The van der Waals surface area contributed by atoms with Crippen molar-refractivity contribution in [1.29, 1.82) is 0 Å². The van der Waals surface area contributed by atoms with E-state index in [0.29, 0.717) is 17.8 Å². The summed E-state index contributed by atoms with van der Waals surface area (Å²) in [5.74, 6) is -0.738. The van der Waals surface area contributed by atoms with E-state index in [1.54, 1.807) is 30.3 Å². The van der Waals surface area contributed by atoms with Gasteiger partial charge in [0.25, 0.3) is 5.91 Å². The number of nitrogens with one attached hydrogen (secondary N) is 1. The number of carbonyl (C=O) groups excluding carboxylic acids is 1. The van der Waals surface area contributed by atoms with Crippen LogP contribution in [0.1, 0.15) is 38.4 Å². The lowest BCUT2D eigenvalue weighted by molar-refractivity contribution is -0.143. The number of rotatable bonds is 4. The van der Waals surface area contributed by atoms with E-state index in [1.165, 1.54) is 18.4 Å². The Bertz CT molecular complexity index is 1210. The minimum absolute atomic E-state index is 0.0490. The number of nitrogens with zero attached hydrogens (tertiary/aromatic N) is 1. The largest absolute Gasteiger partial charge is 0.416 e. The van der Waals surface area contributed by atoms with E-state index in [9.17, 15) is 35.9 Å². The minimum Gasteiger partial charge on any atom is -0.344 e. The van der Waals surface area contributed by atoms with Crippen molar-refractivity contribution in [3.05, 3.63) is 98.5 Å². The highest BCUT2D eigenvalue weighted by Gasteiger charge is 2.37. The molecule has 174 valence electrons. The van der Waals surface area contributed by atoms with E-state index in [1.807, 2.05) is 0 Å². The number of halogens is 6. The third-order valence-corrected chi connectivity index (χ3v) is 5.03. The summed E-state index contributed by atoms with van der Waals surface area (Å²) in [6.07, 6.45) is -9.96. The third kappa shape index (κ3) is 5.44. The molecule has 0 saturated heterocycles. The average Bonchev–Trinajstić information content (AvgIpc) is 2.70. The highest BCUT2D eigenvalue weighted by molar-refractivity contribution is 6.04. The molecule has 1 heterocycles. The van der Waals surface area contributed by atoms with Crippen LogP contribution in [0.2, 0.25) is 0 Å². The molecule has 0 saturated carbocycles. The van der Waals surface area contributed by atoms with Gasteiger partial charge in [-0.15, -0.1) is 0 Å². The highest BCUT2D eigenvalue weighted by Crippen LogP contribution is 2.36. The van der Waals surface area contributed by atoms with Gasteiger partial charge in [-0.05, 0) is 49.7 Å². The van der Waals surface area contributed by atoms with E-state index in [-0.39, 0.29) is 28.6 Å². The Labute approximate surface area is 184 Å². The van der Waals surface area contributed by atoms with Crippen LogP contribution in [0.4, 0.5) is 32.0 Å². The first-order chi connectivity index (χ1) is 15.3. The normalized spacial score (nSPS) is 12.0. The molecule has 3 rings (SSSR count). The summed E-state index contributed by atoms with van der Waals surface area (Å²) >= 11 is 0. The van der Waals surface area contributed by atoms with Crippen LogP contribution in [-0.2, 0) is 18.9 Å². The highest BCUT2D eigenvalue weighted by atomic mass is 19.4. The topological polar surface area (TPSA) is 51.1 Å². The third-order valence-electron chi connectivity index (χ3n) is 5.03. The minimum atomic E-state index is -4.98. The van der Waals surface area contributed by atoms with Crippen LogP contribution < -0.4 is 10.7 Å². The number of amides is 1. The molecule has 2 aromatic carbocycles. The van der Waals surface area contributed by atoms with Gasteiger partial charge in [0.2, 0.25) is 0 Å². The number of aromatic nitrogens is 1. The van der Waals surface area contributed by atoms with Crippen molar-refractivity contribution in [3.63, 3.8) is 0 Å². The summed E-state index contributed by atoms with van der Waals surface area (Å²) < 4.78 is 80.5. The SMILES string of the molecule is Cc1cc(=O)c(C(=O)Nc2ccccc2)c(C)n1Cc1cc(C(F)(F)F)cc(C(F)(F)F)c1. The number of hydrogen-bond acceptors (Lipinski definition) is 2. The Kier molecular flexibility index (Phi) is 6.40. The number of aryl methyl sites for hydroxylation is 1. The quantitative estimate of drug-likeness (QED) is 0.492. The van der Waals surface area contributed by atoms with Gasteiger partial charge in [0.15, 0.2) is 5.43 Å². The second kappa shape index (κ2) is 8.76. The summed E-state index contributed by atoms with van der Waals surface area (Å²) in [5, 5.41) is 2.56. The second-order valence-electron chi connectivity index (χ2n) is 7.43. The van der Waals surface area contributed by atoms with Gasteiger partial charge in [0.05, 0.1) is 11.1 Å². The Hall–Kier alpha value is -3.56. The van der Waals surface area contributed by atoms with Crippen molar-refractivity contribution in [3.8, 4) is 0 Å². The Balaban J connectivity index is 2.07. The predicted octanol–water partition coefficient (Wildman–Crippen LogP) is 5.80. The first-order valence-electron chi connectivity index (χ1n) is 9.63. The lowest BCUT2D eigenvalue weighted by Crippen LogP contribution is -2.27. The Morgan fingerprint density at radius 1 is 0.879 bits per heavy atom. The van der Waals surface area contributed by atoms with Crippen LogP contribution in [-0.4, -0.2) is 10.5 Å². The number of para-hydroxylation sites is 1. The molecule has 33 heavy (non-hydrogen) atoms. The second-order valence-corrected chi connectivity index (χ2v) is 7.43. The van der Waals surface area contributed by atoms with E-state index in [0.717, 1.165) is 6.07 Å². The number of alkyl halides is 6. The van der Waals surface area contributed by atoms with Crippen molar-refractivity contribution in [2.45, 2.75) is 32.7 Å². The molecule has 0 aliphatic carbocycles. The first-order valence-corrected chi connectivity index (χ1v) is 9.63. The molecule has 0 aliphatic heterocycles. The van der Waals surface area contributed by atoms with Gasteiger partial charge in [-0.25, -0.2) is 0 Å². The Morgan fingerprint density at radius 2 is 1.42 bits per heavy atom. The summed E-state index contributed by atoms with van der Waals surface area (Å²) in [6, 6.07) is 10.7. The molecule has 0 spiro atoms. The van der Waals surface area contributed by atoms with Crippen molar-refractivity contribution < 1.29 is 31.1 Å². The number of pyridine rings is 1.